The van der Waals surface area contributed by atoms with Crippen LogP contribution in [0.4, 0.5) is 0 Å². The average molecular weight is 220 g/mol. The Morgan fingerprint density at radius 3 is 2.29 bits per heavy atom. The van der Waals surface area contributed by atoms with E-state index in [9.17, 15) is 9.59 Å². The van der Waals surface area contributed by atoms with Crippen LogP contribution in [0.2, 0.25) is 0 Å². The first kappa shape index (κ1) is 13.3. The second-order valence-corrected chi connectivity index (χ2v) is 4.81. The molecule has 4 nitrogen and oxygen atoms in total. The van der Waals surface area contributed by atoms with Gasteiger partial charge in [-0.15, -0.1) is 11.8 Å². The van der Waals surface area contributed by atoms with Crippen LogP contribution in [0.3, 0.4) is 0 Å². The quantitative estimate of drug-likeness (QED) is 0.684. The van der Waals surface area contributed by atoms with Crippen molar-refractivity contribution < 1.29 is 19.8 Å². The lowest BCUT2D eigenvalue weighted by Crippen LogP contribution is -2.22. The van der Waals surface area contributed by atoms with E-state index < -0.39 is 17.2 Å². The average Bonchev–Trinajstić information content (AvgIpc) is 2.02. The van der Waals surface area contributed by atoms with Crippen molar-refractivity contribution in [2.24, 2.45) is 0 Å². The zero-order valence-corrected chi connectivity index (χ0v) is 9.21. The molecule has 0 spiro atoms. The van der Waals surface area contributed by atoms with E-state index in [1.54, 1.807) is 0 Å². The minimum absolute atomic E-state index is 0.195. The van der Waals surface area contributed by atoms with Gasteiger partial charge in [0.25, 0.3) is 0 Å². The van der Waals surface area contributed by atoms with Crippen LogP contribution in [0.5, 0.6) is 0 Å². The predicted molar refractivity (Wildman–Crippen MR) is 55.6 cm³/mol. The third-order valence-electron chi connectivity index (χ3n) is 1.73. The Kier molecular flexibility index (Phi) is 6.36. The highest BCUT2D eigenvalue weighted by atomic mass is 32.2. The van der Waals surface area contributed by atoms with Crippen molar-refractivity contribution >= 4 is 23.7 Å². The molecule has 0 aromatic heterocycles. The highest BCUT2D eigenvalue weighted by Crippen LogP contribution is 2.23. The number of hydrogen-bond donors (Lipinski definition) is 2. The fourth-order valence-corrected chi connectivity index (χ4v) is 2.40. The van der Waals surface area contributed by atoms with E-state index in [1.807, 2.05) is 13.8 Å². The Labute approximate surface area is 87.7 Å². The van der Waals surface area contributed by atoms with Crippen LogP contribution in [-0.4, -0.2) is 32.7 Å². The fraction of sp³-hybridized carbons (Fsp3) is 0.778. The van der Waals surface area contributed by atoms with E-state index in [0.29, 0.717) is 0 Å². The number of thioether (sulfide) groups is 1. The maximum atomic E-state index is 10.7. The van der Waals surface area contributed by atoms with Crippen LogP contribution in [-0.2, 0) is 9.59 Å². The molecule has 0 amide bonds. The topological polar surface area (TPSA) is 74.6 Å². The maximum absolute atomic E-state index is 10.7. The summed E-state index contributed by atoms with van der Waals surface area (Å²) in [6, 6.07) is 0. The van der Waals surface area contributed by atoms with Crippen molar-refractivity contribution in [3.05, 3.63) is 0 Å². The first-order chi connectivity index (χ1) is 6.47. The summed E-state index contributed by atoms with van der Waals surface area (Å²) >= 11 is 1.23. The lowest BCUT2D eigenvalue weighted by molar-refractivity contribution is -0.142. The number of carbonyl (C=O) groups is 2. The molecule has 0 aliphatic heterocycles. The fourth-order valence-electron chi connectivity index (χ4n) is 1.11. The molecular weight excluding hydrogens is 204 g/mol. The summed E-state index contributed by atoms with van der Waals surface area (Å²) in [6.45, 7) is 3.94. The third-order valence-corrected chi connectivity index (χ3v) is 3.12. The lowest BCUT2D eigenvalue weighted by Gasteiger charge is -2.14. The van der Waals surface area contributed by atoms with Gasteiger partial charge in [-0.3, -0.25) is 9.59 Å². The molecule has 0 aromatic carbocycles. The first-order valence-electron chi connectivity index (χ1n) is 4.57. The maximum Gasteiger partial charge on any atom is 0.317 e. The zero-order valence-electron chi connectivity index (χ0n) is 8.40. The van der Waals surface area contributed by atoms with Gasteiger partial charge in [0.15, 0.2) is 0 Å². The normalized spacial score (nSPS) is 14.7. The standard InChI is InChI=1S/C9H16O4S/c1-3-4-6(2)14-7(9(12)13)5-8(10)11/h6-7H,3-5H2,1-2H3,(H,10,11)(H,12,13). The number of carboxylic acid groups (broad SMARTS) is 2. The van der Waals surface area contributed by atoms with Crippen LogP contribution >= 0.6 is 11.8 Å². The monoisotopic (exact) mass is 220 g/mol. The third kappa shape index (κ3) is 5.85. The molecule has 2 atom stereocenters. The van der Waals surface area contributed by atoms with Gasteiger partial charge in [-0.1, -0.05) is 20.3 Å². The molecule has 0 aliphatic rings. The molecule has 5 heteroatoms. The molecule has 0 radical (unpaired) electrons. The number of aliphatic carboxylic acids is 2. The Hall–Kier alpha value is -0.710. The van der Waals surface area contributed by atoms with Gasteiger partial charge in [-0.05, 0) is 6.42 Å². The van der Waals surface area contributed by atoms with Crippen LogP contribution in [0.1, 0.15) is 33.1 Å². The van der Waals surface area contributed by atoms with E-state index in [2.05, 4.69) is 0 Å². The molecule has 0 rings (SSSR count). The summed E-state index contributed by atoms with van der Waals surface area (Å²) in [6.07, 6.45) is 1.58. The molecule has 2 unspecified atom stereocenters. The SMILES string of the molecule is CCCC(C)SC(CC(=O)O)C(=O)O. The van der Waals surface area contributed by atoms with Crippen molar-refractivity contribution in [1.29, 1.82) is 0 Å². The molecule has 0 saturated carbocycles. The Balaban J connectivity index is 4.08. The van der Waals surface area contributed by atoms with E-state index in [1.165, 1.54) is 11.8 Å². The van der Waals surface area contributed by atoms with Crippen molar-refractivity contribution in [3.8, 4) is 0 Å². The molecule has 0 saturated heterocycles. The largest absolute Gasteiger partial charge is 0.481 e. The molecule has 0 aliphatic carbocycles. The van der Waals surface area contributed by atoms with Gasteiger partial charge in [0.1, 0.15) is 5.25 Å². The number of carboxylic acids is 2. The summed E-state index contributed by atoms with van der Waals surface area (Å²) in [7, 11) is 0. The zero-order chi connectivity index (χ0) is 11.1. The second kappa shape index (κ2) is 6.70. The van der Waals surface area contributed by atoms with E-state index in [4.69, 9.17) is 10.2 Å². The molecule has 14 heavy (non-hydrogen) atoms. The number of rotatable bonds is 7. The second-order valence-electron chi connectivity index (χ2n) is 3.16. The van der Waals surface area contributed by atoms with Crippen molar-refractivity contribution in [2.75, 3.05) is 0 Å². The molecule has 2 N–H and O–H groups in total. The highest BCUT2D eigenvalue weighted by Gasteiger charge is 2.23. The van der Waals surface area contributed by atoms with Gasteiger partial charge >= 0.3 is 11.9 Å². The van der Waals surface area contributed by atoms with Crippen molar-refractivity contribution in [2.45, 2.75) is 43.6 Å². The van der Waals surface area contributed by atoms with Crippen LogP contribution in [0.15, 0.2) is 0 Å². The molecule has 0 bridgehead atoms. The Morgan fingerprint density at radius 1 is 1.36 bits per heavy atom. The van der Waals surface area contributed by atoms with Gasteiger partial charge in [-0.25, -0.2) is 0 Å². The molecule has 82 valence electrons. The van der Waals surface area contributed by atoms with Gasteiger partial charge in [-0.2, -0.15) is 0 Å². The van der Waals surface area contributed by atoms with Gasteiger partial charge in [0, 0.05) is 5.25 Å². The van der Waals surface area contributed by atoms with Crippen molar-refractivity contribution in [1.82, 2.24) is 0 Å². The molecule has 0 fully saturated rings. The van der Waals surface area contributed by atoms with Crippen LogP contribution in [0.25, 0.3) is 0 Å². The van der Waals surface area contributed by atoms with Crippen LogP contribution < -0.4 is 0 Å². The molecule has 0 aromatic rings. The minimum atomic E-state index is -1.06. The minimum Gasteiger partial charge on any atom is -0.481 e. The van der Waals surface area contributed by atoms with E-state index in [-0.39, 0.29) is 11.7 Å². The predicted octanol–water partition coefficient (Wildman–Crippen LogP) is 1.84. The van der Waals surface area contributed by atoms with Gasteiger partial charge < -0.3 is 10.2 Å². The summed E-state index contributed by atoms with van der Waals surface area (Å²) in [5, 5.41) is 16.6. The van der Waals surface area contributed by atoms with Crippen molar-refractivity contribution in [3.63, 3.8) is 0 Å². The summed E-state index contributed by atoms with van der Waals surface area (Å²) in [4.78, 5) is 21.1. The lowest BCUT2D eigenvalue weighted by atomic mass is 10.3. The van der Waals surface area contributed by atoms with E-state index >= 15 is 0 Å². The van der Waals surface area contributed by atoms with Gasteiger partial charge in [0.2, 0.25) is 0 Å². The summed E-state index contributed by atoms with van der Waals surface area (Å²) < 4.78 is 0. The summed E-state index contributed by atoms with van der Waals surface area (Å²) in [5.74, 6) is -2.10. The number of hydrogen-bond acceptors (Lipinski definition) is 3. The Bertz CT molecular complexity index is 205. The smallest absolute Gasteiger partial charge is 0.317 e. The summed E-state index contributed by atoms with van der Waals surface area (Å²) in [5.41, 5.74) is 0. The van der Waals surface area contributed by atoms with E-state index in [0.717, 1.165) is 12.8 Å². The Morgan fingerprint density at radius 2 is 1.93 bits per heavy atom. The molecular formula is C9H16O4S. The van der Waals surface area contributed by atoms with Crippen LogP contribution in [0, 0.1) is 0 Å². The first-order valence-corrected chi connectivity index (χ1v) is 5.51. The molecule has 0 heterocycles. The highest BCUT2D eigenvalue weighted by molar-refractivity contribution is 8.01. The van der Waals surface area contributed by atoms with Gasteiger partial charge in [0.05, 0.1) is 6.42 Å².